The van der Waals surface area contributed by atoms with Gasteiger partial charge in [0.15, 0.2) is 0 Å². The summed E-state index contributed by atoms with van der Waals surface area (Å²) in [6, 6.07) is 3.23. The Morgan fingerprint density at radius 2 is 2.00 bits per heavy atom. The summed E-state index contributed by atoms with van der Waals surface area (Å²) in [6.07, 6.45) is 2.00. The first-order chi connectivity index (χ1) is 8.59. The Kier molecular flexibility index (Phi) is 3.19. The van der Waals surface area contributed by atoms with Crippen LogP contribution in [0.4, 0.5) is 0 Å². The lowest BCUT2D eigenvalue weighted by Crippen LogP contribution is -2.45. The molecule has 0 aliphatic carbocycles. The quantitative estimate of drug-likeness (QED) is 0.893. The molecule has 7 heteroatoms. The molecule has 2 atom stereocenters. The largest absolute Gasteiger partial charge is 0.391 e. The average molecular weight is 289 g/mol. The molecule has 0 saturated carbocycles. The van der Waals surface area contributed by atoms with Gasteiger partial charge in [-0.05, 0) is 25.0 Å². The van der Waals surface area contributed by atoms with Crippen LogP contribution in [0.15, 0.2) is 16.3 Å². The van der Waals surface area contributed by atoms with Crippen molar-refractivity contribution in [2.24, 2.45) is 0 Å². The molecule has 2 unspecified atom stereocenters. The molecule has 0 aromatic carbocycles. The van der Waals surface area contributed by atoms with Gasteiger partial charge in [-0.2, -0.15) is 4.31 Å². The number of rotatable bonds is 3. The van der Waals surface area contributed by atoms with Gasteiger partial charge in [0.25, 0.3) is 10.0 Å². The van der Waals surface area contributed by atoms with E-state index in [1.165, 1.54) is 4.31 Å². The molecule has 0 radical (unpaired) electrons. The smallest absolute Gasteiger partial charge is 0.252 e. The zero-order chi connectivity index (χ0) is 12.8. The molecule has 2 saturated heterocycles. The zero-order valence-electron chi connectivity index (χ0n) is 9.78. The Morgan fingerprint density at radius 3 is 2.56 bits per heavy atom. The van der Waals surface area contributed by atoms with Gasteiger partial charge in [-0.1, -0.05) is 0 Å². The Bertz CT molecular complexity index is 527. The van der Waals surface area contributed by atoms with Crippen molar-refractivity contribution in [2.45, 2.75) is 35.9 Å². The first-order valence-electron chi connectivity index (χ1n) is 5.95. The van der Waals surface area contributed by atoms with Gasteiger partial charge in [-0.3, -0.25) is 0 Å². The fourth-order valence-corrected chi connectivity index (χ4v) is 5.36. The first kappa shape index (κ1) is 12.6. The van der Waals surface area contributed by atoms with Crippen molar-refractivity contribution in [3.8, 4) is 0 Å². The third kappa shape index (κ3) is 2.10. The standard InChI is InChI=1S/C11H15NO4S2/c13-7-10-3-4-11(17-10)18(14,15)12-5-8-1-2-9(6-12)16-8/h3-4,8-9,13H,1-2,5-7H2. The zero-order valence-corrected chi connectivity index (χ0v) is 11.4. The predicted octanol–water partition coefficient (Wildman–Crippen LogP) is 0.792. The number of nitrogens with zero attached hydrogens (tertiary/aromatic N) is 1. The minimum atomic E-state index is -3.42. The fourth-order valence-electron chi connectivity index (χ4n) is 2.48. The van der Waals surface area contributed by atoms with E-state index >= 15 is 0 Å². The number of thiophene rings is 1. The highest BCUT2D eigenvalue weighted by atomic mass is 32.2. The molecule has 1 aromatic heterocycles. The summed E-state index contributed by atoms with van der Waals surface area (Å²) in [7, 11) is -3.42. The molecular formula is C11H15NO4S2. The second kappa shape index (κ2) is 4.57. The molecule has 5 nitrogen and oxygen atoms in total. The third-order valence-electron chi connectivity index (χ3n) is 3.40. The maximum Gasteiger partial charge on any atom is 0.252 e. The van der Waals surface area contributed by atoms with E-state index in [2.05, 4.69) is 0 Å². The van der Waals surface area contributed by atoms with Crippen LogP contribution < -0.4 is 0 Å². The Hall–Kier alpha value is -0.470. The molecule has 3 rings (SSSR count). The van der Waals surface area contributed by atoms with E-state index in [0.29, 0.717) is 22.2 Å². The Labute approximate surface area is 110 Å². The fraction of sp³-hybridized carbons (Fsp3) is 0.636. The molecular weight excluding hydrogens is 274 g/mol. The summed E-state index contributed by atoms with van der Waals surface area (Å²) in [6.45, 7) is 0.783. The number of aliphatic hydroxyl groups is 1. The van der Waals surface area contributed by atoms with E-state index in [1.807, 2.05) is 0 Å². The number of hydrogen-bond donors (Lipinski definition) is 1. The molecule has 0 amide bonds. The van der Waals surface area contributed by atoms with Gasteiger partial charge in [0.2, 0.25) is 0 Å². The lowest BCUT2D eigenvalue weighted by molar-refractivity contribution is -0.0114. The minimum Gasteiger partial charge on any atom is -0.391 e. The van der Waals surface area contributed by atoms with Crippen LogP contribution in [0.3, 0.4) is 0 Å². The molecule has 3 heterocycles. The maximum absolute atomic E-state index is 12.4. The molecule has 2 fully saturated rings. The van der Waals surface area contributed by atoms with Crippen molar-refractivity contribution >= 4 is 21.4 Å². The normalized spacial score (nSPS) is 28.7. The van der Waals surface area contributed by atoms with Crippen LogP contribution in [0.25, 0.3) is 0 Å². The first-order valence-corrected chi connectivity index (χ1v) is 8.20. The molecule has 100 valence electrons. The van der Waals surface area contributed by atoms with E-state index < -0.39 is 10.0 Å². The van der Waals surface area contributed by atoms with Crippen LogP contribution >= 0.6 is 11.3 Å². The van der Waals surface area contributed by atoms with Crippen molar-refractivity contribution in [1.29, 1.82) is 0 Å². The van der Waals surface area contributed by atoms with Gasteiger partial charge >= 0.3 is 0 Å². The van der Waals surface area contributed by atoms with Crippen molar-refractivity contribution in [2.75, 3.05) is 13.1 Å². The van der Waals surface area contributed by atoms with Crippen LogP contribution in [0, 0.1) is 0 Å². The number of sulfonamides is 1. The van der Waals surface area contributed by atoms with E-state index in [-0.39, 0.29) is 18.8 Å². The van der Waals surface area contributed by atoms with Crippen LogP contribution in [0.5, 0.6) is 0 Å². The molecule has 0 spiro atoms. The van der Waals surface area contributed by atoms with Crippen molar-refractivity contribution in [1.82, 2.24) is 4.31 Å². The van der Waals surface area contributed by atoms with E-state index in [4.69, 9.17) is 9.84 Å². The van der Waals surface area contributed by atoms with Gasteiger partial charge in [-0.25, -0.2) is 8.42 Å². The topological polar surface area (TPSA) is 66.8 Å². The summed E-state index contributed by atoms with van der Waals surface area (Å²) < 4.78 is 32.3. The Morgan fingerprint density at radius 1 is 1.33 bits per heavy atom. The van der Waals surface area contributed by atoms with E-state index in [0.717, 1.165) is 24.2 Å². The van der Waals surface area contributed by atoms with E-state index in [1.54, 1.807) is 12.1 Å². The van der Waals surface area contributed by atoms with Crippen LogP contribution in [0.2, 0.25) is 0 Å². The Balaban J connectivity index is 1.86. The average Bonchev–Trinajstić information content (AvgIpc) is 2.96. The molecule has 2 aliphatic rings. The minimum absolute atomic E-state index is 0.0517. The number of morpholine rings is 1. The number of hydrogen-bond acceptors (Lipinski definition) is 5. The van der Waals surface area contributed by atoms with Crippen molar-refractivity contribution < 1.29 is 18.3 Å². The second-order valence-electron chi connectivity index (χ2n) is 4.66. The van der Waals surface area contributed by atoms with E-state index in [9.17, 15) is 8.42 Å². The van der Waals surface area contributed by atoms with Gasteiger partial charge < -0.3 is 9.84 Å². The second-order valence-corrected chi connectivity index (χ2v) is 7.99. The van der Waals surface area contributed by atoms with Crippen LogP contribution in [-0.2, 0) is 21.4 Å². The summed E-state index contributed by atoms with van der Waals surface area (Å²) in [5, 5.41) is 9.00. The third-order valence-corrected chi connectivity index (χ3v) is 6.77. The van der Waals surface area contributed by atoms with Gasteiger partial charge in [0.1, 0.15) is 4.21 Å². The summed E-state index contributed by atoms with van der Waals surface area (Å²) in [4.78, 5) is 0.671. The molecule has 2 aliphatic heterocycles. The molecule has 1 N–H and O–H groups in total. The predicted molar refractivity (Wildman–Crippen MR) is 66.9 cm³/mol. The molecule has 18 heavy (non-hydrogen) atoms. The SMILES string of the molecule is O=S(=O)(c1ccc(CO)s1)N1CC2CCC(C1)O2. The molecule has 2 bridgehead atoms. The number of ether oxygens (including phenoxy) is 1. The van der Waals surface area contributed by atoms with Crippen LogP contribution in [-0.4, -0.2) is 43.1 Å². The summed E-state index contributed by atoms with van der Waals surface area (Å²) in [5.41, 5.74) is 0. The van der Waals surface area contributed by atoms with Gasteiger partial charge in [-0.15, -0.1) is 11.3 Å². The van der Waals surface area contributed by atoms with Crippen molar-refractivity contribution in [3.63, 3.8) is 0 Å². The number of aliphatic hydroxyl groups excluding tert-OH is 1. The highest BCUT2D eigenvalue weighted by Gasteiger charge is 2.39. The van der Waals surface area contributed by atoms with Crippen molar-refractivity contribution in [3.05, 3.63) is 17.0 Å². The van der Waals surface area contributed by atoms with Gasteiger partial charge in [0.05, 0.1) is 18.8 Å². The monoisotopic (exact) mass is 289 g/mol. The summed E-state index contributed by atoms with van der Waals surface area (Å²) in [5.74, 6) is 0. The lowest BCUT2D eigenvalue weighted by atomic mass is 10.2. The molecule has 1 aromatic rings. The number of fused-ring (bicyclic) bond motifs is 2. The highest BCUT2D eigenvalue weighted by molar-refractivity contribution is 7.91. The maximum atomic E-state index is 12.4. The highest BCUT2D eigenvalue weighted by Crippen LogP contribution is 2.32. The van der Waals surface area contributed by atoms with Crippen LogP contribution in [0.1, 0.15) is 17.7 Å². The summed E-state index contributed by atoms with van der Waals surface area (Å²) >= 11 is 1.14. The van der Waals surface area contributed by atoms with Gasteiger partial charge in [0, 0.05) is 18.0 Å². The lowest BCUT2D eigenvalue weighted by Gasteiger charge is -2.30.